The van der Waals surface area contributed by atoms with Gasteiger partial charge in [0.05, 0.1) is 18.5 Å². The molecule has 1 heterocycles. The van der Waals surface area contributed by atoms with Crippen LogP contribution in [-0.2, 0) is 14.4 Å². The van der Waals surface area contributed by atoms with Crippen LogP contribution in [0.25, 0.3) is 0 Å². The second-order valence-electron chi connectivity index (χ2n) is 4.73. The van der Waals surface area contributed by atoms with Crippen molar-refractivity contribution in [2.24, 2.45) is 0 Å². The first-order valence-electron chi connectivity index (χ1n) is 6.58. The molecule has 1 aromatic carbocycles. The summed E-state index contributed by atoms with van der Waals surface area (Å²) in [5.41, 5.74) is 6.55. The number of likely N-dealkylation sites (tertiary alicyclic amines) is 1. The van der Waals surface area contributed by atoms with E-state index in [2.05, 4.69) is 5.32 Å². The lowest BCUT2D eigenvalue weighted by Gasteiger charge is -2.24. The fourth-order valence-corrected chi connectivity index (χ4v) is 2.09. The number of nitrogens with one attached hydrogen (secondary N) is 1. The number of piperidine rings is 1. The molecule has 1 aliphatic rings. The normalized spacial score (nSPS) is 15.0. The van der Waals surface area contributed by atoms with E-state index in [-0.39, 0.29) is 18.4 Å². The van der Waals surface area contributed by atoms with Crippen LogP contribution >= 0.6 is 0 Å². The first-order valence-corrected chi connectivity index (χ1v) is 6.58. The third-order valence-corrected chi connectivity index (χ3v) is 3.22. The third kappa shape index (κ3) is 3.50. The molecule has 7 heteroatoms. The number of methoxy groups -OCH3 is 1. The number of ether oxygens (including phenoxy) is 1. The minimum absolute atomic E-state index is 0.289. The van der Waals surface area contributed by atoms with Crippen LogP contribution in [0.1, 0.15) is 19.3 Å². The van der Waals surface area contributed by atoms with Crippen LogP contribution in [0.2, 0.25) is 0 Å². The highest BCUT2D eigenvalue weighted by atomic mass is 16.5. The smallest absolute Gasteiger partial charge is 0.244 e. The zero-order chi connectivity index (χ0) is 15.4. The standard InChI is InChI=1S/C14H17N3O4/c1-21-9-5-6-11(10(15)7-9)16-12(18)8-17-13(19)3-2-4-14(17)20/h5-7H,2-4,8,15H2,1H3,(H,16,18). The average molecular weight is 291 g/mol. The highest BCUT2D eigenvalue weighted by molar-refractivity contribution is 6.04. The Balaban J connectivity index is 2.01. The maximum absolute atomic E-state index is 11.9. The molecule has 3 amide bonds. The number of amides is 3. The number of nitrogens with zero attached hydrogens (tertiary/aromatic N) is 1. The Bertz CT molecular complexity index is 570. The summed E-state index contributed by atoms with van der Waals surface area (Å²) in [7, 11) is 1.51. The van der Waals surface area contributed by atoms with Crippen LogP contribution in [0.15, 0.2) is 18.2 Å². The minimum atomic E-state index is -0.463. The van der Waals surface area contributed by atoms with E-state index in [1.165, 1.54) is 7.11 Å². The summed E-state index contributed by atoms with van der Waals surface area (Å²) in [5.74, 6) is -0.518. The van der Waals surface area contributed by atoms with Crippen LogP contribution in [-0.4, -0.2) is 36.3 Å². The highest BCUT2D eigenvalue weighted by Crippen LogP contribution is 2.24. The predicted molar refractivity (Wildman–Crippen MR) is 76.6 cm³/mol. The van der Waals surface area contributed by atoms with Crippen molar-refractivity contribution in [2.45, 2.75) is 19.3 Å². The van der Waals surface area contributed by atoms with Crippen molar-refractivity contribution in [3.8, 4) is 5.75 Å². The van der Waals surface area contributed by atoms with Crippen LogP contribution in [0.5, 0.6) is 5.75 Å². The molecular weight excluding hydrogens is 274 g/mol. The molecule has 2 rings (SSSR count). The zero-order valence-electron chi connectivity index (χ0n) is 11.7. The van der Waals surface area contributed by atoms with Gasteiger partial charge in [-0.05, 0) is 18.6 Å². The Morgan fingerprint density at radius 3 is 2.57 bits per heavy atom. The monoisotopic (exact) mass is 291 g/mol. The molecule has 0 aliphatic carbocycles. The largest absolute Gasteiger partial charge is 0.497 e. The molecule has 21 heavy (non-hydrogen) atoms. The van der Waals surface area contributed by atoms with Gasteiger partial charge in [0.1, 0.15) is 12.3 Å². The summed E-state index contributed by atoms with van der Waals surface area (Å²) in [6.07, 6.45) is 1.13. The van der Waals surface area contributed by atoms with Crippen molar-refractivity contribution in [3.63, 3.8) is 0 Å². The molecule has 3 N–H and O–H groups in total. The fourth-order valence-electron chi connectivity index (χ4n) is 2.09. The molecule has 1 saturated heterocycles. The van der Waals surface area contributed by atoms with Crippen molar-refractivity contribution in [1.82, 2.24) is 4.90 Å². The Hall–Kier alpha value is -2.57. The predicted octanol–water partition coefficient (Wildman–Crippen LogP) is 0.755. The van der Waals surface area contributed by atoms with E-state index >= 15 is 0 Å². The summed E-state index contributed by atoms with van der Waals surface area (Å²) in [6, 6.07) is 4.84. The van der Waals surface area contributed by atoms with E-state index in [4.69, 9.17) is 10.5 Å². The summed E-state index contributed by atoms with van der Waals surface area (Å²) in [4.78, 5) is 36.2. The van der Waals surface area contributed by atoms with Crippen molar-refractivity contribution >= 4 is 29.1 Å². The number of nitrogen functional groups attached to an aromatic ring is 1. The van der Waals surface area contributed by atoms with E-state index in [1.807, 2.05) is 0 Å². The third-order valence-electron chi connectivity index (χ3n) is 3.22. The molecule has 0 unspecified atom stereocenters. The molecule has 0 bridgehead atoms. The number of hydrogen-bond acceptors (Lipinski definition) is 5. The van der Waals surface area contributed by atoms with Gasteiger partial charge in [0.25, 0.3) is 0 Å². The Morgan fingerprint density at radius 2 is 2.00 bits per heavy atom. The molecule has 7 nitrogen and oxygen atoms in total. The molecule has 1 aliphatic heterocycles. The summed E-state index contributed by atoms with van der Waals surface area (Å²) < 4.78 is 5.01. The van der Waals surface area contributed by atoms with E-state index in [0.29, 0.717) is 36.4 Å². The summed E-state index contributed by atoms with van der Waals surface area (Å²) in [6.45, 7) is -0.289. The molecule has 0 radical (unpaired) electrons. The van der Waals surface area contributed by atoms with Gasteiger partial charge in [-0.15, -0.1) is 0 Å². The summed E-state index contributed by atoms with van der Waals surface area (Å²) >= 11 is 0. The molecule has 112 valence electrons. The quantitative estimate of drug-likeness (QED) is 0.629. The number of benzene rings is 1. The van der Waals surface area contributed by atoms with Gasteiger partial charge in [-0.25, -0.2) is 0 Å². The molecular formula is C14H17N3O4. The number of carbonyl (C=O) groups is 3. The topological polar surface area (TPSA) is 102 Å². The van der Waals surface area contributed by atoms with Gasteiger partial charge in [0.15, 0.2) is 0 Å². The first-order chi connectivity index (χ1) is 10.0. The molecule has 0 aromatic heterocycles. The van der Waals surface area contributed by atoms with Crippen molar-refractivity contribution in [1.29, 1.82) is 0 Å². The van der Waals surface area contributed by atoms with Gasteiger partial charge >= 0.3 is 0 Å². The maximum Gasteiger partial charge on any atom is 0.244 e. The van der Waals surface area contributed by atoms with Crippen molar-refractivity contribution in [2.75, 3.05) is 24.7 Å². The number of rotatable bonds is 4. The number of hydrogen-bond donors (Lipinski definition) is 2. The highest BCUT2D eigenvalue weighted by Gasteiger charge is 2.27. The van der Waals surface area contributed by atoms with Crippen molar-refractivity contribution < 1.29 is 19.1 Å². The summed E-state index contributed by atoms with van der Waals surface area (Å²) in [5, 5.41) is 2.58. The number of carbonyl (C=O) groups excluding carboxylic acids is 3. The molecule has 0 saturated carbocycles. The zero-order valence-corrected chi connectivity index (χ0v) is 11.7. The van der Waals surface area contributed by atoms with E-state index < -0.39 is 5.91 Å². The Labute approximate surface area is 122 Å². The number of anilines is 2. The Morgan fingerprint density at radius 1 is 1.33 bits per heavy atom. The van der Waals surface area contributed by atoms with Gasteiger partial charge in [0, 0.05) is 18.9 Å². The van der Waals surface area contributed by atoms with Gasteiger partial charge < -0.3 is 15.8 Å². The van der Waals surface area contributed by atoms with E-state index in [1.54, 1.807) is 18.2 Å². The molecule has 1 fully saturated rings. The lowest BCUT2D eigenvalue weighted by Crippen LogP contribution is -2.44. The second kappa shape index (κ2) is 6.25. The number of imide groups is 1. The molecule has 1 aromatic rings. The van der Waals surface area contributed by atoms with Crippen LogP contribution < -0.4 is 15.8 Å². The average Bonchev–Trinajstić information content (AvgIpc) is 2.45. The van der Waals surface area contributed by atoms with Crippen molar-refractivity contribution in [3.05, 3.63) is 18.2 Å². The van der Waals surface area contributed by atoms with Crippen LogP contribution in [0.4, 0.5) is 11.4 Å². The first kappa shape index (κ1) is 14.8. The lowest BCUT2D eigenvalue weighted by atomic mass is 10.1. The maximum atomic E-state index is 11.9. The number of nitrogens with two attached hydrogens (primary N) is 1. The molecule has 0 spiro atoms. The second-order valence-corrected chi connectivity index (χ2v) is 4.73. The Kier molecular flexibility index (Phi) is 4.42. The SMILES string of the molecule is COc1ccc(NC(=O)CN2C(=O)CCCC2=O)c(N)c1. The van der Waals surface area contributed by atoms with E-state index in [9.17, 15) is 14.4 Å². The van der Waals surface area contributed by atoms with E-state index in [0.717, 1.165) is 4.90 Å². The fraction of sp³-hybridized carbons (Fsp3) is 0.357. The minimum Gasteiger partial charge on any atom is -0.497 e. The van der Waals surface area contributed by atoms with Gasteiger partial charge in [-0.3, -0.25) is 19.3 Å². The van der Waals surface area contributed by atoms with Crippen LogP contribution in [0.3, 0.4) is 0 Å². The lowest BCUT2D eigenvalue weighted by molar-refractivity contribution is -0.150. The van der Waals surface area contributed by atoms with Gasteiger partial charge in [-0.1, -0.05) is 0 Å². The van der Waals surface area contributed by atoms with Crippen LogP contribution in [0, 0.1) is 0 Å². The molecule has 0 atom stereocenters. The van der Waals surface area contributed by atoms with Gasteiger partial charge in [0.2, 0.25) is 17.7 Å². The van der Waals surface area contributed by atoms with Gasteiger partial charge in [-0.2, -0.15) is 0 Å².